The van der Waals surface area contributed by atoms with Crippen LogP contribution in [0, 0.1) is 0 Å². The Balaban J connectivity index is 1.65. The molecule has 2 aromatic heterocycles. The molecule has 3 rings (SSSR count). The number of thioether (sulfide) groups is 1. The third-order valence-electron chi connectivity index (χ3n) is 4.05. The van der Waals surface area contributed by atoms with Gasteiger partial charge in [0.25, 0.3) is 11.5 Å². The smallest absolute Gasteiger partial charge is 0.332 e. The molecule has 0 unspecified atom stereocenters. The number of amides is 1. The number of aromatic nitrogens is 4. The second-order valence-electron chi connectivity index (χ2n) is 5.75. The summed E-state index contributed by atoms with van der Waals surface area (Å²) in [5.74, 6) is 0.820. The maximum absolute atomic E-state index is 12.2. The minimum atomic E-state index is -0.431. The molecule has 2 heterocycles. The molecule has 9 nitrogen and oxygen atoms in total. The molecule has 0 aliphatic rings. The molecule has 0 saturated heterocycles. The Kier molecular flexibility index (Phi) is 5.36. The third kappa shape index (κ3) is 3.61. The molecule has 0 spiro atoms. The van der Waals surface area contributed by atoms with Gasteiger partial charge in [0.1, 0.15) is 5.75 Å². The van der Waals surface area contributed by atoms with Gasteiger partial charge in [-0.2, -0.15) is 0 Å². The van der Waals surface area contributed by atoms with Crippen LogP contribution in [0.2, 0.25) is 0 Å². The van der Waals surface area contributed by atoms with Crippen LogP contribution in [0.4, 0.5) is 0 Å². The summed E-state index contributed by atoms with van der Waals surface area (Å²) in [6.45, 7) is 0.398. The molecular weight excluding hydrogens is 370 g/mol. The predicted molar refractivity (Wildman–Crippen MR) is 103 cm³/mol. The maximum Gasteiger partial charge on any atom is 0.332 e. The van der Waals surface area contributed by atoms with Gasteiger partial charge in [0.05, 0.1) is 12.7 Å². The molecule has 0 fully saturated rings. The van der Waals surface area contributed by atoms with Gasteiger partial charge in [-0.25, -0.2) is 9.78 Å². The zero-order valence-corrected chi connectivity index (χ0v) is 15.9. The van der Waals surface area contributed by atoms with Gasteiger partial charge < -0.3 is 15.0 Å². The standard InChI is InChI=1S/C17H19N5O4S/c1-21-13-12(15(24)22(2)17(21)25)19-16(20-13)27-9-8-18-14(23)10-6-4-5-7-11(10)26-3/h4-7H,8-9H2,1-3H3,(H,18,23)(H,19,20). The fourth-order valence-corrected chi connectivity index (χ4v) is 3.34. The summed E-state index contributed by atoms with van der Waals surface area (Å²) < 4.78 is 7.53. The van der Waals surface area contributed by atoms with Crippen LogP contribution < -0.4 is 21.3 Å². The number of carbonyl (C=O) groups excluding carboxylic acids is 1. The lowest BCUT2D eigenvalue weighted by Gasteiger charge is -2.08. The summed E-state index contributed by atoms with van der Waals surface area (Å²) in [7, 11) is 4.50. The molecule has 27 heavy (non-hydrogen) atoms. The fraction of sp³-hybridized carbons (Fsp3) is 0.294. The zero-order chi connectivity index (χ0) is 19.6. The minimum Gasteiger partial charge on any atom is -0.496 e. The van der Waals surface area contributed by atoms with Crippen LogP contribution in [0.15, 0.2) is 39.0 Å². The number of nitrogens with one attached hydrogen (secondary N) is 2. The van der Waals surface area contributed by atoms with E-state index in [-0.39, 0.29) is 11.4 Å². The van der Waals surface area contributed by atoms with E-state index in [4.69, 9.17) is 4.74 Å². The van der Waals surface area contributed by atoms with Crippen molar-refractivity contribution in [1.29, 1.82) is 0 Å². The first kappa shape index (κ1) is 18.8. The largest absolute Gasteiger partial charge is 0.496 e. The number of methoxy groups -OCH3 is 1. The van der Waals surface area contributed by atoms with Gasteiger partial charge >= 0.3 is 5.69 Å². The lowest BCUT2D eigenvalue weighted by atomic mass is 10.2. The summed E-state index contributed by atoms with van der Waals surface area (Å²) in [6, 6.07) is 6.98. The normalized spacial score (nSPS) is 10.9. The number of benzene rings is 1. The fourth-order valence-electron chi connectivity index (χ4n) is 2.61. The van der Waals surface area contributed by atoms with Crippen LogP contribution in [0.1, 0.15) is 10.4 Å². The third-order valence-corrected chi connectivity index (χ3v) is 4.93. The molecular formula is C17H19N5O4S. The SMILES string of the molecule is COc1ccccc1C(=O)NCCSc1nc2c([nH]1)c(=O)n(C)c(=O)n2C. The Morgan fingerprint density at radius 3 is 2.74 bits per heavy atom. The first-order valence-electron chi connectivity index (χ1n) is 8.13. The van der Waals surface area contributed by atoms with Gasteiger partial charge in [0.15, 0.2) is 16.3 Å². The molecule has 0 atom stereocenters. The molecule has 0 aliphatic carbocycles. The predicted octanol–water partition coefficient (Wildman–Crippen LogP) is 0.491. The highest BCUT2D eigenvalue weighted by atomic mass is 32.2. The number of hydrogen-bond donors (Lipinski definition) is 2. The number of para-hydroxylation sites is 1. The molecule has 0 bridgehead atoms. The van der Waals surface area contributed by atoms with Crippen molar-refractivity contribution in [2.75, 3.05) is 19.4 Å². The Morgan fingerprint density at radius 2 is 2.00 bits per heavy atom. The van der Waals surface area contributed by atoms with Crippen molar-refractivity contribution in [1.82, 2.24) is 24.4 Å². The number of H-pyrrole nitrogens is 1. The van der Waals surface area contributed by atoms with Crippen molar-refractivity contribution in [3.05, 3.63) is 50.7 Å². The van der Waals surface area contributed by atoms with Crippen molar-refractivity contribution in [3.63, 3.8) is 0 Å². The lowest BCUT2D eigenvalue weighted by molar-refractivity contribution is 0.0953. The minimum absolute atomic E-state index is 0.228. The maximum atomic E-state index is 12.2. The molecule has 2 N–H and O–H groups in total. The van der Waals surface area contributed by atoms with Crippen LogP contribution in [0.25, 0.3) is 11.2 Å². The monoisotopic (exact) mass is 389 g/mol. The molecule has 0 aliphatic heterocycles. The first-order valence-corrected chi connectivity index (χ1v) is 9.12. The van der Waals surface area contributed by atoms with E-state index < -0.39 is 11.2 Å². The molecule has 0 radical (unpaired) electrons. The Bertz CT molecular complexity index is 1110. The van der Waals surface area contributed by atoms with E-state index >= 15 is 0 Å². The number of carbonyl (C=O) groups is 1. The van der Waals surface area contributed by atoms with Crippen molar-refractivity contribution in [2.45, 2.75) is 5.16 Å². The van der Waals surface area contributed by atoms with E-state index in [1.807, 2.05) is 0 Å². The lowest BCUT2D eigenvalue weighted by Crippen LogP contribution is -2.36. The van der Waals surface area contributed by atoms with Crippen LogP contribution >= 0.6 is 11.8 Å². The van der Waals surface area contributed by atoms with E-state index in [2.05, 4.69) is 15.3 Å². The summed E-state index contributed by atoms with van der Waals surface area (Å²) in [5, 5.41) is 3.33. The van der Waals surface area contributed by atoms with Gasteiger partial charge in [-0.3, -0.25) is 18.7 Å². The van der Waals surface area contributed by atoms with Gasteiger partial charge in [0, 0.05) is 26.4 Å². The van der Waals surface area contributed by atoms with Crippen molar-refractivity contribution < 1.29 is 9.53 Å². The average molecular weight is 389 g/mol. The number of ether oxygens (including phenoxy) is 1. The molecule has 0 saturated carbocycles. The number of hydrogen-bond acceptors (Lipinski definition) is 6. The van der Waals surface area contributed by atoms with Crippen LogP contribution in [-0.2, 0) is 14.1 Å². The van der Waals surface area contributed by atoms with E-state index in [1.165, 1.54) is 30.5 Å². The average Bonchev–Trinajstić information content (AvgIpc) is 3.12. The summed E-state index contributed by atoms with van der Waals surface area (Å²) in [5.41, 5.74) is 0.201. The number of aryl methyl sites for hydroxylation is 1. The number of rotatable bonds is 6. The van der Waals surface area contributed by atoms with Gasteiger partial charge in [-0.1, -0.05) is 23.9 Å². The van der Waals surface area contributed by atoms with Crippen molar-refractivity contribution in [3.8, 4) is 5.75 Å². The van der Waals surface area contributed by atoms with E-state index in [9.17, 15) is 14.4 Å². The summed E-state index contributed by atoms with van der Waals surface area (Å²) in [4.78, 5) is 43.6. The molecule has 10 heteroatoms. The van der Waals surface area contributed by atoms with Crippen LogP contribution in [-0.4, -0.2) is 44.4 Å². The first-order chi connectivity index (χ1) is 12.9. The number of fused-ring (bicyclic) bond motifs is 1. The van der Waals surface area contributed by atoms with E-state index in [0.29, 0.717) is 34.4 Å². The van der Waals surface area contributed by atoms with E-state index in [1.54, 1.807) is 31.3 Å². The quantitative estimate of drug-likeness (QED) is 0.469. The highest BCUT2D eigenvalue weighted by Gasteiger charge is 2.14. The molecule has 142 valence electrons. The summed E-state index contributed by atoms with van der Waals surface area (Å²) >= 11 is 1.35. The van der Waals surface area contributed by atoms with Crippen molar-refractivity contribution >= 4 is 28.8 Å². The zero-order valence-electron chi connectivity index (χ0n) is 15.1. The topological polar surface area (TPSA) is 111 Å². The second kappa shape index (κ2) is 7.70. The van der Waals surface area contributed by atoms with E-state index in [0.717, 1.165) is 4.57 Å². The Labute approximate surface area is 158 Å². The van der Waals surface area contributed by atoms with Gasteiger partial charge in [0.2, 0.25) is 0 Å². The van der Waals surface area contributed by atoms with Crippen LogP contribution in [0.5, 0.6) is 5.75 Å². The highest BCUT2D eigenvalue weighted by molar-refractivity contribution is 7.99. The van der Waals surface area contributed by atoms with Crippen LogP contribution in [0.3, 0.4) is 0 Å². The number of imidazole rings is 1. The number of nitrogens with zero attached hydrogens (tertiary/aromatic N) is 3. The highest BCUT2D eigenvalue weighted by Crippen LogP contribution is 2.18. The van der Waals surface area contributed by atoms with Gasteiger partial charge in [-0.15, -0.1) is 0 Å². The Morgan fingerprint density at radius 1 is 1.26 bits per heavy atom. The number of aromatic amines is 1. The second-order valence-corrected chi connectivity index (χ2v) is 6.83. The molecule has 1 aromatic carbocycles. The van der Waals surface area contributed by atoms with Gasteiger partial charge in [-0.05, 0) is 12.1 Å². The molecule has 1 amide bonds. The Hall–Kier alpha value is -3.01. The molecule has 3 aromatic rings. The summed E-state index contributed by atoms with van der Waals surface area (Å²) in [6.07, 6.45) is 0. The van der Waals surface area contributed by atoms with Crippen molar-refractivity contribution in [2.24, 2.45) is 14.1 Å².